The highest BCUT2D eigenvalue weighted by atomic mass is 16.3. The highest BCUT2D eigenvalue weighted by Gasteiger charge is 2.17. The molecule has 146 valence electrons. The Morgan fingerprint density at radius 3 is 2.72 bits per heavy atom. The SMILES string of the molecule is O=C(Cc1coc2cc3c(cc12)CCC3)NCc1ccccc1Cn1cccn1. The molecule has 5 nitrogen and oxygen atoms in total. The second-order valence-electron chi connectivity index (χ2n) is 7.66. The molecule has 0 saturated carbocycles. The van der Waals surface area contributed by atoms with Gasteiger partial charge in [0.1, 0.15) is 5.58 Å². The molecular formula is C24H23N3O2. The Hall–Kier alpha value is -3.34. The van der Waals surface area contributed by atoms with Crippen molar-refractivity contribution >= 4 is 16.9 Å². The molecule has 1 aliphatic carbocycles. The average molecular weight is 385 g/mol. The minimum atomic E-state index is 0.00194. The van der Waals surface area contributed by atoms with Gasteiger partial charge in [0.2, 0.25) is 5.91 Å². The van der Waals surface area contributed by atoms with Crippen molar-refractivity contribution in [3.05, 3.63) is 88.9 Å². The summed E-state index contributed by atoms with van der Waals surface area (Å²) < 4.78 is 7.61. The maximum Gasteiger partial charge on any atom is 0.224 e. The van der Waals surface area contributed by atoms with Crippen LogP contribution in [0.3, 0.4) is 0 Å². The topological polar surface area (TPSA) is 60.1 Å². The number of carbonyl (C=O) groups excluding carboxylic acids is 1. The third-order valence-corrected chi connectivity index (χ3v) is 5.71. The van der Waals surface area contributed by atoms with Crippen LogP contribution in [0.2, 0.25) is 0 Å². The summed E-state index contributed by atoms with van der Waals surface area (Å²) in [5.74, 6) is 0.00194. The number of furan rings is 1. The van der Waals surface area contributed by atoms with E-state index in [2.05, 4.69) is 34.7 Å². The first-order valence-electron chi connectivity index (χ1n) is 10.1. The molecule has 1 aliphatic rings. The molecule has 5 rings (SSSR count). The van der Waals surface area contributed by atoms with Gasteiger partial charge < -0.3 is 9.73 Å². The van der Waals surface area contributed by atoms with Crippen LogP contribution >= 0.6 is 0 Å². The van der Waals surface area contributed by atoms with Crippen LogP contribution in [-0.4, -0.2) is 15.7 Å². The van der Waals surface area contributed by atoms with Crippen molar-refractivity contribution in [1.29, 1.82) is 0 Å². The molecule has 0 aliphatic heterocycles. The molecule has 1 N–H and O–H groups in total. The van der Waals surface area contributed by atoms with Gasteiger partial charge in [-0.2, -0.15) is 5.10 Å². The van der Waals surface area contributed by atoms with E-state index in [4.69, 9.17) is 4.42 Å². The van der Waals surface area contributed by atoms with Gasteiger partial charge in [0.25, 0.3) is 0 Å². The number of nitrogens with one attached hydrogen (secondary N) is 1. The molecule has 0 bridgehead atoms. The number of benzene rings is 2. The molecule has 4 aromatic rings. The number of fused-ring (bicyclic) bond motifs is 2. The lowest BCUT2D eigenvalue weighted by atomic mass is 10.0. The van der Waals surface area contributed by atoms with E-state index in [0.717, 1.165) is 40.5 Å². The Bertz CT molecular complexity index is 1160. The molecular weight excluding hydrogens is 362 g/mol. The molecule has 5 heteroatoms. The fraction of sp³-hybridized carbons (Fsp3) is 0.250. The largest absolute Gasteiger partial charge is 0.464 e. The molecule has 2 aromatic heterocycles. The lowest BCUT2D eigenvalue weighted by Crippen LogP contribution is -2.25. The zero-order valence-electron chi connectivity index (χ0n) is 16.2. The summed E-state index contributed by atoms with van der Waals surface area (Å²) >= 11 is 0. The van der Waals surface area contributed by atoms with Crippen molar-refractivity contribution in [3.8, 4) is 0 Å². The maximum atomic E-state index is 12.6. The first kappa shape index (κ1) is 17.7. The van der Waals surface area contributed by atoms with Crippen LogP contribution in [-0.2, 0) is 37.1 Å². The van der Waals surface area contributed by atoms with E-state index in [0.29, 0.717) is 19.5 Å². The van der Waals surface area contributed by atoms with Crippen LogP contribution in [0.4, 0.5) is 0 Å². The van der Waals surface area contributed by atoms with Gasteiger partial charge >= 0.3 is 0 Å². The van der Waals surface area contributed by atoms with Crippen LogP contribution in [0.25, 0.3) is 11.0 Å². The number of aryl methyl sites for hydroxylation is 2. The Kier molecular flexibility index (Phi) is 4.64. The molecule has 29 heavy (non-hydrogen) atoms. The Labute approximate surface area is 169 Å². The van der Waals surface area contributed by atoms with Crippen LogP contribution in [0.1, 0.15) is 34.2 Å². The third kappa shape index (κ3) is 3.68. The van der Waals surface area contributed by atoms with Gasteiger partial charge in [0.15, 0.2) is 0 Å². The predicted molar refractivity (Wildman–Crippen MR) is 112 cm³/mol. The van der Waals surface area contributed by atoms with Crippen LogP contribution in [0.5, 0.6) is 0 Å². The summed E-state index contributed by atoms with van der Waals surface area (Å²) in [5, 5.41) is 8.40. The van der Waals surface area contributed by atoms with Crippen molar-refractivity contribution in [3.63, 3.8) is 0 Å². The molecule has 2 heterocycles. The van der Waals surface area contributed by atoms with Gasteiger partial charge in [-0.15, -0.1) is 0 Å². The highest BCUT2D eigenvalue weighted by molar-refractivity contribution is 5.88. The molecule has 0 radical (unpaired) electrons. The molecule has 0 atom stereocenters. The highest BCUT2D eigenvalue weighted by Crippen LogP contribution is 2.30. The number of amides is 1. The number of nitrogens with zero attached hydrogens (tertiary/aromatic N) is 2. The van der Waals surface area contributed by atoms with Gasteiger partial charge in [-0.25, -0.2) is 0 Å². The van der Waals surface area contributed by atoms with Gasteiger partial charge in [-0.1, -0.05) is 24.3 Å². The average Bonchev–Trinajstić information content (AvgIpc) is 3.47. The minimum absolute atomic E-state index is 0.00194. The Morgan fingerprint density at radius 1 is 1.07 bits per heavy atom. The number of carbonyl (C=O) groups is 1. The number of rotatable bonds is 6. The van der Waals surface area contributed by atoms with Gasteiger partial charge in [0.05, 0.1) is 19.2 Å². The summed E-state index contributed by atoms with van der Waals surface area (Å²) in [5.41, 5.74) is 6.88. The van der Waals surface area contributed by atoms with Crippen molar-refractivity contribution in [2.45, 2.75) is 38.8 Å². The summed E-state index contributed by atoms with van der Waals surface area (Å²) in [6.07, 6.45) is 9.22. The summed E-state index contributed by atoms with van der Waals surface area (Å²) in [7, 11) is 0. The first-order valence-corrected chi connectivity index (χ1v) is 10.1. The molecule has 2 aromatic carbocycles. The number of aromatic nitrogens is 2. The van der Waals surface area contributed by atoms with E-state index < -0.39 is 0 Å². The lowest BCUT2D eigenvalue weighted by molar-refractivity contribution is -0.120. The first-order chi connectivity index (χ1) is 14.3. The normalized spacial score (nSPS) is 13.0. The molecule has 0 unspecified atom stereocenters. The third-order valence-electron chi connectivity index (χ3n) is 5.71. The zero-order chi connectivity index (χ0) is 19.6. The Balaban J connectivity index is 1.27. The second-order valence-corrected chi connectivity index (χ2v) is 7.66. The van der Waals surface area contributed by atoms with Crippen molar-refractivity contribution in [2.24, 2.45) is 0 Å². The van der Waals surface area contributed by atoms with E-state index >= 15 is 0 Å². The fourth-order valence-electron chi connectivity index (χ4n) is 4.17. The molecule has 0 saturated heterocycles. The quantitative estimate of drug-likeness (QED) is 0.545. The standard InChI is InChI=1S/C24H23N3O2/c28-24(13-21-16-29-23-12-18-8-3-7-17(18)11-22(21)23)25-14-19-5-1-2-6-20(19)15-27-10-4-9-26-27/h1-2,4-6,9-12,16H,3,7-8,13-15H2,(H,25,28). The Morgan fingerprint density at radius 2 is 1.90 bits per heavy atom. The summed E-state index contributed by atoms with van der Waals surface area (Å²) in [4.78, 5) is 12.6. The smallest absolute Gasteiger partial charge is 0.224 e. The predicted octanol–water partition coefficient (Wildman–Crippen LogP) is 4.03. The van der Waals surface area contributed by atoms with Crippen molar-refractivity contribution < 1.29 is 9.21 Å². The zero-order valence-corrected chi connectivity index (χ0v) is 16.2. The molecule has 1 amide bonds. The summed E-state index contributed by atoms with van der Waals surface area (Å²) in [6, 6.07) is 14.4. The lowest BCUT2D eigenvalue weighted by Gasteiger charge is -2.11. The van der Waals surface area contributed by atoms with E-state index in [1.165, 1.54) is 17.5 Å². The number of hydrogen-bond donors (Lipinski definition) is 1. The van der Waals surface area contributed by atoms with Crippen molar-refractivity contribution in [2.75, 3.05) is 0 Å². The van der Waals surface area contributed by atoms with Crippen LogP contribution in [0, 0.1) is 0 Å². The van der Waals surface area contributed by atoms with Gasteiger partial charge in [0, 0.05) is 29.9 Å². The number of hydrogen-bond acceptors (Lipinski definition) is 3. The van der Waals surface area contributed by atoms with Crippen LogP contribution < -0.4 is 5.32 Å². The van der Waals surface area contributed by atoms with Crippen LogP contribution in [0.15, 0.2) is 65.5 Å². The fourth-order valence-corrected chi connectivity index (χ4v) is 4.17. The monoisotopic (exact) mass is 385 g/mol. The van der Waals surface area contributed by atoms with E-state index in [-0.39, 0.29) is 5.91 Å². The maximum absolute atomic E-state index is 12.6. The van der Waals surface area contributed by atoms with E-state index in [1.807, 2.05) is 29.1 Å². The van der Waals surface area contributed by atoms with E-state index in [9.17, 15) is 4.79 Å². The van der Waals surface area contributed by atoms with Gasteiger partial charge in [-0.3, -0.25) is 9.48 Å². The van der Waals surface area contributed by atoms with E-state index in [1.54, 1.807) is 12.5 Å². The summed E-state index contributed by atoms with van der Waals surface area (Å²) in [6.45, 7) is 1.19. The van der Waals surface area contributed by atoms with Gasteiger partial charge in [-0.05, 0) is 59.7 Å². The minimum Gasteiger partial charge on any atom is -0.464 e. The molecule has 0 fully saturated rings. The van der Waals surface area contributed by atoms with Crippen molar-refractivity contribution in [1.82, 2.24) is 15.1 Å². The molecule has 0 spiro atoms. The second kappa shape index (κ2) is 7.59.